The second-order valence-corrected chi connectivity index (χ2v) is 11.1. The number of anilines is 2. The van der Waals surface area contributed by atoms with E-state index >= 15 is 0 Å². The predicted octanol–water partition coefficient (Wildman–Crippen LogP) is 4.10. The van der Waals surface area contributed by atoms with Gasteiger partial charge in [0.25, 0.3) is 5.91 Å². The Morgan fingerprint density at radius 3 is 2.20 bits per heavy atom. The number of rotatable bonds is 5. The van der Waals surface area contributed by atoms with Gasteiger partial charge in [0.2, 0.25) is 0 Å². The molecule has 0 unspecified atom stereocenters. The van der Waals surface area contributed by atoms with Crippen molar-refractivity contribution in [3.63, 3.8) is 0 Å². The molecular weight excluding hydrogens is 578 g/mol. The third kappa shape index (κ3) is 9.79. The van der Waals surface area contributed by atoms with Gasteiger partial charge in [0.15, 0.2) is 0 Å². The van der Waals surface area contributed by atoms with E-state index in [2.05, 4.69) is 24.3 Å². The van der Waals surface area contributed by atoms with Crippen molar-refractivity contribution in [2.24, 2.45) is 0 Å². The number of nitrogens with zero attached hydrogens (tertiary/aromatic N) is 3. The summed E-state index contributed by atoms with van der Waals surface area (Å²) in [6, 6.07) is 11.2. The standard InChI is InChI=1S/C25H30ClF3N4O.C2HF3O2/c1-33(2)14-7-18-3-4-19(15-20(18)17-33)24(34)30-22-6-5-21(26)16-23(22)32-12-10-31(11-13-32)9-8-25(27,28)29;3-2(4,5)1(6)7/h3-6,15-16H,7-14,17H2,1-2H3;(H,6,7). The number of carbonyl (C=O) groups excluding carboxylic acids is 2. The number of nitrogens with one attached hydrogen (secondary N) is 1. The van der Waals surface area contributed by atoms with Crippen molar-refractivity contribution < 1.29 is 45.5 Å². The molecule has 0 spiro atoms. The van der Waals surface area contributed by atoms with Crippen LogP contribution < -0.4 is 15.3 Å². The lowest BCUT2D eigenvalue weighted by atomic mass is 9.96. The number of amides is 1. The van der Waals surface area contributed by atoms with Crippen molar-refractivity contribution in [1.82, 2.24) is 4.90 Å². The zero-order valence-electron chi connectivity index (χ0n) is 22.5. The lowest BCUT2D eigenvalue weighted by Crippen LogP contribution is -2.47. The van der Waals surface area contributed by atoms with Crippen molar-refractivity contribution in [2.45, 2.75) is 31.7 Å². The molecule has 4 rings (SSSR count). The summed E-state index contributed by atoms with van der Waals surface area (Å²) in [5.74, 6) is -3.20. The molecule has 7 nitrogen and oxygen atoms in total. The van der Waals surface area contributed by atoms with Crippen molar-refractivity contribution in [2.75, 3.05) is 63.6 Å². The summed E-state index contributed by atoms with van der Waals surface area (Å²) in [5.41, 5.74) is 4.54. The fourth-order valence-electron chi connectivity index (χ4n) is 4.69. The molecule has 1 N–H and O–H groups in total. The number of likely N-dealkylation sites (N-methyl/N-ethyl adjacent to an activating group) is 1. The van der Waals surface area contributed by atoms with Crippen LogP contribution in [0.15, 0.2) is 36.4 Å². The van der Waals surface area contributed by atoms with Gasteiger partial charge in [-0.25, -0.2) is 0 Å². The number of hydrogen-bond donors (Lipinski definition) is 1. The van der Waals surface area contributed by atoms with Crippen LogP contribution in [0.4, 0.5) is 37.7 Å². The second-order valence-electron chi connectivity index (χ2n) is 10.6. The molecule has 1 amide bonds. The normalized spacial score (nSPS) is 17.2. The highest BCUT2D eigenvalue weighted by Crippen LogP contribution is 2.31. The molecule has 0 bridgehead atoms. The Labute approximate surface area is 238 Å². The molecule has 0 aromatic heterocycles. The molecular formula is C27H31ClF6N4O3. The van der Waals surface area contributed by atoms with E-state index in [1.54, 1.807) is 18.2 Å². The quantitative estimate of drug-likeness (QED) is 0.409. The van der Waals surface area contributed by atoms with Crippen LogP contribution in [0, 0.1) is 0 Å². The fourth-order valence-corrected chi connectivity index (χ4v) is 4.85. The van der Waals surface area contributed by atoms with E-state index in [-0.39, 0.29) is 12.5 Å². The monoisotopic (exact) mass is 608 g/mol. The highest BCUT2D eigenvalue weighted by Gasteiger charge is 2.30. The van der Waals surface area contributed by atoms with Gasteiger partial charge in [0, 0.05) is 55.3 Å². The molecule has 1 saturated heterocycles. The topological polar surface area (TPSA) is 75.7 Å². The summed E-state index contributed by atoms with van der Waals surface area (Å²) in [6.07, 6.45) is -9.14. The Morgan fingerprint density at radius 2 is 1.61 bits per heavy atom. The molecule has 226 valence electrons. The Bertz CT molecular complexity index is 1240. The predicted molar refractivity (Wildman–Crippen MR) is 141 cm³/mol. The van der Waals surface area contributed by atoms with E-state index in [4.69, 9.17) is 21.5 Å². The van der Waals surface area contributed by atoms with Crippen molar-refractivity contribution in [1.29, 1.82) is 0 Å². The average molecular weight is 609 g/mol. The summed E-state index contributed by atoms with van der Waals surface area (Å²) in [4.78, 5) is 25.8. The number of carboxylic acids is 1. The zero-order chi connectivity index (χ0) is 30.6. The summed E-state index contributed by atoms with van der Waals surface area (Å²) in [7, 11) is 4.39. The second kappa shape index (κ2) is 12.9. The number of alkyl halides is 6. The van der Waals surface area contributed by atoms with Crippen molar-refractivity contribution in [3.8, 4) is 0 Å². The number of quaternary nitrogens is 1. The van der Waals surface area contributed by atoms with Crippen LogP contribution in [0.25, 0.3) is 0 Å². The van der Waals surface area contributed by atoms with Gasteiger partial charge in [0.05, 0.1) is 38.4 Å². The first kappa shape index (κ1) is 32.5. The Balaban J connectivity index is 0.000000587. The average Bonchev–Trinajstić information content (AvgIpc) is 2.87. The number of halogens is 7. The van der Waals surface area contributed by atoms with Crippen LogP contribution in [0.1, 0.15) is 27.9 Å². The maximum absolute atomic E-state index is 13.1. The first-order chi connectivity index (χ1) is 18.9. The summed E-state index contributed by atoms with van der Waals surface area (Å²) in [6.45, 7) is 4.14. The van der Waals surface area contributed by atoms with Crippen LogP contribution in [0.5, 0.6) is 0 Å². The SMILES string of the molecule is C[N+]1(C)CCc2ccc(C(=O)Nc3ccc(Cl)cc3N3CCN(CCC(F)(F)F)CC3)cc2C1.O=C([O-])C(F)(F)F. The molecule has 1 fully saturated rings. The summed E-state index contributed by atoms with van der Waals surface area (Å²) >= 11 is 6.25. The van der Waals surface area contributed by atoms with Gasteiger partial charge in [-0.1, -0.05) is 17.7 Å². The molecule has 41 heavy (non-hydrogen) atoms. The molecule has 2 heterocycles. The summed E-state index contributed by atoms with van der Waals surface area (Å²) in [5, 5.41) is 12.4. The van der Waals surface area contributed by atoms with Gasteiger partial charge in [-0.15, -0.1) is 0 Å². The minimum atomic E-state index is -5.19. The van der Waals surface area contributed by atoms with Gasteiger partial charge in [0.1, 0.15) is 12.5 Å². The minimum Gasteiger partial charge on any atom is -0.542 e. The largest absolute Gasteiger partial charge is 0.542 e. The first-order valence-electron chi connectivity index (χ1n) is 12.8. The maximum Gasteiger partial charge on any atom is 0.430 e. The molecule has 2 aliphatic rings. The van der Waals surface area contributed by atoms with Gasteiger partial charge in [-0.05, 0) is 35.9 Å². The number of carboxylic acid groups (broad SMARTS) is 1. The van der Waals surface area contributed by atoms with Crippen LogP contribution >= 0.6 is 11.6 Å². The molecule has 0 saturated carbocycles. The van der Waals surface area contributed by atoms with E-state index in [1.807, 2.05) is 23.1 Å². The number of benzene rings is 2. The smallest absolute Gasteiger partial charge is 0.430 e. The molecule has 2 aromatic carbocycles. The third-order valence-corrected chi connectivity index (χ3v) is 7.15. The van der Waals surface area contributed by atoms with Crippen LogP contribution in [-0.4, -0.2) is 87.0 Å². The van der Waals surface area contributed by atoms with Gasteiger partial charge in [-0.3, -0.25) is 9.69 Å². The Hall–Kier alpha value is -3.03. The number of aliphatic carboxylic acids is 1. The van der Waals surface area contributed by atoms with Gasteiger partial charge >= 0.3 is 12.4 Å². The van der Waals surface area contributed by atoms with Crippen LogP contribution in [-0.2, 0) is 17.8 Å². The van der Waals surface area contributed by atoms with E-state index in [0.29, 0.717) is 42.5 Å². The fraction of sp³-hybridized carbons (Fsp3) is 0.481. The number of hydrogen-bond acceptors (Lipinski definition) is 5. The molecule has 2 aliphatic heterocycles. The first-order valence-corrected chi connectivity index (χ1v) is 13.2. The number of carbonyl (C=O) groups is 2. The Morgan fingerprint density at radius 1 is 0.976 bits per heavy atom. The zero-order valence-corrected chi connectivity index (χ0v) is 23.3. The van der Waals surface area contributed by atoms with Gasteiger partial charge < -0.3 is 24.6 Å². The number of fused-ring (bicyclic) bond motifs is 1. The summed E-state index contributed by atoms with van der Waals surface area (Å²) < 4.78 is 70.1. The van der Waals surface area contributed by atoms with E-state index in [1.165, 1.54) is 11.1 Å². The van der Waals surface area contributed by atoms with Crippen LogP contribution in [0.3, 0.4) is 0 Å². The Kier molecular flexibility index (Phi) is 10.2. The minimum absolute atomic E-state index is 0.00429. The van der Waals surface area contributed by atoms with E-state index in [0.717, 1.165) is 29.7 Å². The van der Waals surface area contributed by atoms with E-state index in [9.17, 15) is 31.1 Å². The van der Waals surface area contributed by atoms with E-state index < -0.39 is 24.7 Å². The molecule has 14 heteroatoms. The van der Waals surface area contributed by atoms with Crippen molar-refractivity contribution >= 4 is 34.9 Å². The molecule has 0 aliphatic carbocycles. The highest BCUT2D eigenvalue weighted by molar-refractivity contribution is 6.31. The van der Waals surface area contributed by atoms with Crippen LogP contribution in [0.2, 0.25) is 5.02 Å². The molecule has 0 atom stereocenters. The molecule has 2 aromatic rings. The third-order valence-electron chi connectivity index (χ3n) is 6.92. The number of piperazine rings is 1. The highest BCUT2D eigenvalue weighted by atomic mass is 35.5. The lowest BCUT2D eigenvalue weighted by molar-refractivity contribution is -0.905. The maximum atomic E-state index is 13.1. The van der Waals surface area contributed by atoms with Gasteiger partial charge in [-0.2, -0.15) is 26.3 Å². The lowest BCUT2D eigenvalue weighted by Gasteiger charge is -2.37. The van der Waals surface area contributed by atoms with Crippen molar-refractivity contribution in [3.05, 3.63) is 58.1 Å². The molecule has 0 radical (unpaired) electrons.